The Morgan fingerprint density at radius 1 is 1.10 bits per heavy atom. The summed E-state index contributed by atoms with van der Waals surface area (Å²) >= 11 is 0. The van der Waals surface area contributed by atoms with E-state index in [1.54, 1.807) is 0 Å². The maximum atomic E-state index is 3.60. The summed E-state index contributed by atoms with van der Waals surface area (Å²) in [6.07, 6.45) is 10.1. The number of nitrogens with zero attached hydrogens (tertiary/aromatic N) is 1. The quantitative estimate of drug-likeness (QED) is 0.844. The van der Waals surface area contributed by atoms with E-state index in [1.807, 2.05) is 0 Å². The van der Waals surface area contributed by atoms with E-state index in [4.69, 9.17) is 0 Å². The predicted octanol–water partition coefficient (Wildman–Crippen LogP) is 3.67. The average Bonchev–Trinajstić information content (AvgIpc) is 3.19. The SMILES string of the molecule is CC1CC(N(CC2CCCNC2)C2CC2)CC(C)(C)C1. The molecule has 2 aliphatic carbocycles. The molecule has 2 nitrogen and oxygen atoms in total. The van der Waals surface area contributed by atoms with Crippen LogP contribution in [0.25, 0.3) is 0 Å². The van der Waals surface area contributed by atoms with Gasteiger partial charge in [-0.2, -0.15) is 0 Å². The molecule has 116 valence electrons. The van der Waals surface area contributed by atoms with Gasteiger partial charge in [-0.05, 0) is 75.3 Å². The van der Waals surface area contributed by atoms with E-state index in [9.17, 15) is 0 Å². The van der Waals surface area contributed by atoms with Gasteiger partial charge in [0.15, 0.2) is 0 Å². The van der Waals surface area contributed by atoms with Gasteiger partial charge in [-0.3, -0.25) is 4.90 Å². The monoisotopic (exact) mass is 278 g/mol. The molecule has 0 aromatic heterocycles. The summed E-state index contributed by atoms with van der Waals surface area (Å²) < 4.78 is 0. The highest BCUT2D eigenvalue weighted by Gasteiger charge is 2.40. The zero-order chi connectivity index (χ0) is 14.2. The van der Waals surface area contributed by atoms with E-state index in [1.165, 1.54) is 64.6 Å². The van der Waals surface area contributed by atoms with Crippen molar-refractivity contribution in [2.45, 2.75) is 77.8 Å². The molecule has 2 heteroatoms. The van der Waals surface area contributed by atoms with E-state index in [0.29, 0.717) is 5.41 Å². The molecule has 1 heterocycles. The van der Waals surface area contributed by atoms with Crippen LogP contribution in [0, 0.1) is 17.3 Å². The lowest BCUT2D eigenvalue weighted by molar-refractivity contribution is 0.0483. The average molecular weight is 278 g/mol. The molecule has 0 amide bonds. The van der Waals surface area contributed by atoms with Crippen LogP contribution in [0.1, 0.15) is 65.7 Å². The van der Waals surface area contributed by atoms with Crippen LogP contribution in [0.2, 0.25) is 0 Å². The maximum absolute atomic E-state index is 3.60. The topological polar surface area (TPSA) is 15.3 Å². The highest BCUT2D eigenvalue weighted by Crippen LogP contribution is 2.43. The molecule has 3 rings (SSSR count). The fourth-order valence-corrected chi connectivity index (χ4v) is 4.93. The minimum absolute atomic E-state index is 0.556. The van der Waals surface area contributed by atoms with Crippen molar-refractivity contribution < 1.29 is 0 Å². The molecule has 20 heavy (non-hydrogen) atoms. The van der Waals surface area contributed by atoms with E-state index in [-0.39, 0.29) is 0 Å². The number of nitrogens with one attached hydrogen (secondary N) is 1. The number of hydrogen-bond donors (Lipinski definition) is 1. The smallest absolute Gasteiger partial charge is 0.0106 e. The van der Waals surface area contributed by atoms with Crippen LogP contribution in [-0.2, 0) is 0 Å². The molecule has 3 fully saturated rings. The summed E-state index contributed by atoms with van der Waals surface area (Å²) in [6.45, 7) is 11.3. The van der Waals surface area contributed by atoms with Crippen LogP contribution in [0.3, 0.4) is 0 Å². The van der Waals surface area contributed by atoms with Gasteiger partial charge in [0.25, 0.3) is 0 Å². The molecule has 0 spiro atoms. The Morgan fingerprint density at radius 2 is 1.90 bits per heavy atom. The van der Waals surface area contributed by atoms with Crippen LogP contribution in [0.15, 0.2) is 0 Å². The molecule has 2 saturated carbocycles. The van der Waals surface area contributed by atoms with Gasteiger partial charge in [0.05, 0.1) is 0 Å². The molecule has 0 bridgehead atoms. The molecule has 1 saturated heterocycles. The lowest BCUT2D eigenvalue weighted by atomic mass is 9.70. The highest BCUT2D eigenvalue weighted by molar-refractivity contribution is 4.95. The molecule has 0 aromatic rings. The Bertz CT molecular complexity index is 315. The van der Waals surface area contributed by atoms with Gasteiger partial charge in [-0.25, -0.2) is 0 Å². The molecular formula is C18H34N2. The number of piperidine rings is 1. The van der Waals surface area contributed by atoms with Gasteiger partial charge in [0.1, 0.15) is 0 Å². The van der Waals surface area contributed by atoms with Crippen molar-refractivity contribution in [3.05, 3.63) is 0 Å². The summed E-state index contributed by atoms with van der Waals surface area (Å²) in [6, 6.07) is 1.80. The van der Waals surface area contributed by atoms with Crippen LogP contribution >= 0.6 is 0 Å². The maximum Gasteiger partial charge on any atom is 0.0106 e. The normalized spacial score (nSPS) is 38.1. The fraction of sp³-hybridized carbons (Fsp3) is 1.00. The summed E-state index contributed by atoms with van der Waals surface area (Å²) in [4.78, 5) is 2.94. The van der Waals surface area contributed by atoms with Crippen molar-refractivity contribution in [2.75, 3.05) is 19.6 Å². The minimum Gasteiger partial charge on any atom is -0.316 e. The van der Waals surface area contributed by atoms with Gasteiger partial charge in [-0.15, -0.1) is 0 Å². The van der Waals surface area contributed by atoms with Crippen molar-refractivity contribution >= 4 is 0 Å². The van der Waals surface area contributed by atoms with E-state index >= 15 is 0 Å². The molecule has 3 aliphatic rings. The van der Waals surface area contributed by atoms with E-state index in [0.717, 1.165) is 23.9 Å². The largest absolute Gasteiger partial charge is 0.316 e. The second kappa shape index (κ2) is 5.96. The summed E-state index contributed by atoms with van der Waals surface area (Å²) in [5.41, 5.74) is 0.556. The highest BCUT2D eigenvalue weighted by atomic mass is 15.2. The van der Waals surface area contributed by atoms with Crippen LogP contribution in [-0.4, -0.2) is 36.6 Å². The first kappa shape index (κ1) is 14.8. The Morgan fingerprint density at radius 3 is 2.50 bits per heavy atom. The zero-order valence-electron chi connectivity index (χ0n) is 13.8. The third-order valence-electron chi connectivity index (χ3n) is 5.72. The zero-order valence-corrected chi connectivity index (χ0v) is 13.8. The second-order valence-corrected chi connectivity index (χ2v) is 8.71. The molecule has 0 radical (unpaired) electrons. The third-order valence-corrected chi connectivity index (χ3v) is 5.72. The molecule has 1 aliphatic heterocycles. The Balaban J connectivity index is 1.63. The molecule has 3 unspecified atom stereocenters. The summed E-state index contributed by atoms with van der Waals surface area (Å²) in [5.74, 6) is 1.82. The first-order chi connectivity index (χ1) is 9.53. The predicted molar refractivity (Wildman–Crippen MR) is 85.9 cm³/mol. The van der Waals surface area contributed by atoms with E-state index in [2.05, 4.69) is 31.0 Å². The summed E-state index contributed by atoms with van der Waals surface area (Å²) in [5, 5.41) is 3.60. The lowest BCUT2D eigenvalue weighted by Crippen LogP contribution is -2.48. The second-order valence-electron chi connectivity index (χ2n) is 8.71. The standard InChI is InChI=1S/C18H34N2/c1-14-9-17(11-18(2,3)10-14)20(16-6-7-16)13-15-5-4-8-19-12-15/h14-17,19H,4-13H2,1-3H3. The number of rotatable bonds is 4. The van der Waals surface area contributed by atoms with Crippen molar-refractivity contribution in [1.82, 2.24) is 10.2 Å². The Labute approximate surface area is 125 Å². The van der Waals surface area contributed by atoms with Gasteiger partial charge in [-0.1, -0.05) is 20.8 Å². The van der Waals surface area contributed by atoms with Crippen LogP contribution < -0.4 is 5.32 Å². The van der Waals surface area contributed by atoms with E-state index < -0.39 is 0 Å². The van der Waals surface area contributed by atoms with Crippen LogP contribution in [0.4, 0.5) is 0 Å². The van der Waals surface area contributed by atoms with Crippen LogP contribution in [0.5, 0.6) is 0 Å². The third kappa shape index (κ3) is 3.76. The van der Waals surface area contributed by atoms with Crippen molar-refractivity contribution in [1.29, 1.82) is 0 Å². The summed E-state index contributed by atoms with van der Waals surface area (Å²) in [7, 11) is 0. The Hall–Kier alpha value is -0.0800. The number of hydrogen-bond acceptors (Lipinski definition) is 2. The van der Waals surface area contributed by atoms with Gasteiger partial charge >= 0.3 is 0 Å². The molecule has 0 aromatic carbocycles. The van der Waals surface area contributed by atoms with Crippen molar-refractivity contribution in [3.8, 4) is 0 Å². The molecule has 1 N–H and O–H groups in total. The van der Waals surface area contributed by atoms with Crippen molar-refractivity contribution in [3.63, 3.8) is 0 Å². The first-order valence-corrected chi connectivity index (χ1v) is 9.00. The molecule has 3 atom stereocenters. The molecular weight excluding hydrogens is 244 g/mol. The van der Waals surface area contributed by atoms with Crippen molar-refractivity contribution in [2.24, 2.45) is 17.3 Å². The first-order valence-electron chi connectivity index (χ1n) is 9.00. The van der Waals surface area contributed by atoms with Gasteiger partial charge in [0, 0.05) is 18.6 Å². The lowest BCUT2D eigenvalue weighted by Gasteiger charge is -2.45. The van der Waals surface area contributed by atoms with Gasteiger partial charge in [0.2, 0.25) is 0 Å². The fourth-order valence-electron chi connectivity index (χ4n) is 4.93. The van der Waals surface area contributed by atoms with Gasteiger partial charge < -0.3 is 5.32 Å². The minimum atomic E-state index is 0.556. The Kier molecular flexibility index (Phi) is 4.42.